The molecule has 0 radical (unpaired) electrons. The highest BCUT2D eigenvalue weighted by atomic mass is 16.5. The van der Waals surface area contributed by atoms with E-state index in [0.29, 0.717) is 36.6 Å². The lowest BCUT2D eigenvalue weighted by Gasteiger charge is -2.26. The Labute approximate surface area is 150 Å². The zero-order valence-corrected chi connectivity index (χ0v) is 15.2. The number of fused-ring (bicyclic) bond motifs is 5. The highest BCUT2D eigenvalue weighted by molar-refractivity contribution is 5.74. The van der Waals surface area contributed by atoms with Crippen molar-refractivity contribution in [2.45, 2.75) is 37.5 Å². The van der Waals surface area contributed by atoms with Gasteiger partial charge in [-0.3, -0.25) is 0 Å². The molecule has 0 aliphatic carbocycles. The van der Waals surface area contributed by atoms with E-state index in [-0.39, 0.29) is 6.03 Å². The maximum absolute atomic E-state index is 12.6. The average molecular weight is 343 g/mol. The van der Waals surface area contributed by atoms with Crippen LogP contribution in [0.15, 0.2) is 30.3 Å². The van der Waals surface area contributed by atoms with Gasteiger partial charge in [-0.15, -0.1) is 0 Å². The molecule has 3 aliphatic heterocycles. The fourth-order valence-corrected chi connectivity index (χ4v) is 4.77. The summed E-state index contributed by atoms with van der Waals surface area (Å²) in [5.41, 5.74) is 1.31. The smallest absolute Gasteiger partial charge is 0.317 e. The predicted octanol–water partition coefficient (Wildman–Crippen LogP) is 1.98. The molecule has 1 aromatic carbocycles. The van der Waals surface area contributed by atoms with Gasteiger partial charge in [-0.05, 0) is 38.9 Å². The third-order valence-corrected chi connectivity index (χ3v) is 6.27. The van der Waals surface area contributed by atoms with Gasteiger partial charge in [0.05, 0.1) is 12.2 Å². The van der Waals surface area contributed by atoms with Crippen molar-refractivity contribution >= 4 is 6.03 Å². The fourth-order valence-electron chi connectivity index (χ4n) is 4.77. The standard InChI is InChI=1S/C20H29N3O2/c1-22(2)15(10-14-6-4-3-5-7-14)11-21-20(24)23-12-16-17(13-23)19-9-8-18(16)25-19/h3-7,15-19H,8-13H2,1-2H3,(H,21,24). The lowest BCUT2D eigenvalue weighted by Crippen LogP contribution is -2.46. The van der Waals surface area contributed by atoms with E-state index in [4.69, 9.17) is 4.74 Å². The normalized spacial score (nSPS) is 31.4. The van der Waals surface area contributed by atoms with Crippen LogP contribution in [-0.4, -0.2) is 67.8 Å². The highest BCUT2D eigenvalue weighted by Gasteiger charge is 2.53. The van der Waals surface area contributed by atoms with E-state index >= 15 is 0 Å². The Morgan fingerprint density at radius 2 is 1.84 bits per heavy atom. The van der Waals surface area contributed by atoms with Gasteiger partial charge in [-0.1, -0.05) is 30.3 Å². The minimum atomic E-state index is 0.0914. The van der Waals surface area contributed by atoms with Crippen molar-refractivity contribution in [2.24, 2.45) is 11.8 Å². The molecular formula is C20H29N3O2. The quantitative estimate of drug-likeness (QED) is 0.889. The summed E-state index contributed by atoms with van der Waals surface area (Å²) in [6.07, 6.45) is 4.11. The number of likely N-dealkylation sites (N-methyl/N-ethyl adjacent to an activating group) is 1. The number of carbonyl (C=O) groups excluding carboxylic acids is 1. The number of ether oxygens (including phenoxy) is 1. The molecule has 4 rings (SSSR count). The Bertz CT molecular complexity index is 588. The van der Waals surface area contributed by atoms with Crippen molar-refractivity contribution in [1.82, 2.24) is 15.1 Å². The van der Waals surface area contributed by atoms with E-state index in [0.717, 1.165) is 19.5 Å². The van der Waals surface area contributed by atoms with Crippen LogP contribution in [0.4, 0.5) is 4.79 Å². The maximum atomic E-state index is 12.6. The van der Waals surface area contributed by atoms with Crippen LogP contribution in [0.3, 0.4) is 0 Å². The Balaban J connectivity index is 1.30. The number of nitrogens with one attached hydrogen (secondary N) is 1. The Morgan fingerprint density at radius 3 is 2.44 bits per heavy atom. The Hall–Kier alpha value is -1.59. The molecule has 2 amide bonds. The molecule has 136 valence electrons. The fraction of sp³-hybridized carbons (Fsp3) is 0.650. The van der Waals surface area contributed by atoms with Crippen molar-refractivity contribution in [1.29, 1.82) is 0 Å². The zero-order chi connectivity index (χ0) is 17.4. The van der Waals surface area contributed by atoms with E-state index in [9.17, 15) is 4.79 Å². The topological polar surface area (TPSA) is 44.8 Å². The molecule has 0 spiro atoms. The largest absolute Gasteiger partial charge is 0.374 e. The molecule has 3 saturated heterocycles. The first-order chi connectivity index (χ1) is 12.1. The van der Waals surface area contributed by atoms with Crippen molar-refractivity contribution < 1.29 is 9.53 Å². The number of nitrogens with zero attached hydrogens (tertiary/aromatic N) is 2. The zero-order valence-electron chi connectivity index (χ0n) is 15.2. The molecule has 3 aliphatic rings. The van der Waals surface area contributed by atoms with E-state index in [1.807, 2.05) is 11.0 Å². The summed E-state index contributed by atoms with van der Waals surface area (Å²) in [5, 5.41) is 3.17. The summed E-state index contributed by atoms with van der Waals surface area (Å²) in [4.78, 5) is 16.9. The lowest BCUT2D eigenvalue weighted by atomic mass is 9.82. The number of urea groups is 1. The molecule has 3 heterocycles. The van der Waals surface area contributed by atoms with Crippen LogP contribution in [0.5, 0.6) is 0 Å². The van der Waals surface area contributed by atoms with Gasteiger partial charge in [-0.25, -0.2) is 4.79 Å². The SMILES string of the molecule is CN(C)C(CNC(=O)N1CC2C3CCC(O3)C2C1)Cc1ccccc1. The first kappa shape index (κ1) is 16.9. The van der Waals surface area contributed by atoms with Crippen molar-refractivity contribution in [3.05, 3.63) is 35.9 Å². The second-order valence-corrected chi connectivity index (χ2v) is 8.02. The van der Waals surface area contributed by atoms with E-state index in [1.165, 1.54) is 18.4 Å². The first-order valence-electron chi connectivity index (χ1n) is 9.50. The second kappa shape index (κ2) is 6.96. The van der Waals surface area contributed by atoms with Crippen LogP contribution in [0.2, 0.25) is 0 Å². The highest BCUT2D eigenvalue weighted by Crippen LogP contribution is 2.47. The summed E-state index contributed by atoms with van der Waals surface area (Å²) in [7, 11) is 4.16. The van der Waals surface area contributed by atoms with Gasteiger partial charge in [0, 0.05) is 37.5 Å². The third kappa shape index (κ3) is 3.40. The third-order valence-electron chi connectivity index (χ3n) is 6.27. The number of likely N-dealkylation sites (tertiary alicyclic amines) is 1. The van der Waals surface area contributed by atoms with Crippen molar-refractivity contribution in [2.75, 3.05) is 33.7 Å². The molecular weight excluding hydrogens is 314 g/mol. The van der Waals surface area contributed by atoms with E-state index in [1.54, 1.807) is 0 Å². The number of benzene rings is 1. The molecule has 1 N–H and O–H groups in total. The monoisotopic (exact) mass is 343 g/mol. The van der Waals surface area contributed by atoms with Crippen LogP contribution in [0, 0.1) is 11.8 Å². The number of hydrogen-bond acceptors (Lipinski definition) is 3. The number of hydrogen-bond donors (Lipinski definition) is 1. The number of carbonyl (C=O) groups is 1. The summed E-state index contributed by atoms with van der Waals surface area (Å²) in [5.74, 6) is 1.14. The Kier molecular flexibility index (Phi) is 4.69. The molecule has 5 nitrogen and oxygen atoms in total. The van der Waals surface area contributed by atoms with Gasteiger partial charge in [0.15, 0.2) is 0 Å². The summed E-state index contributed by atoms with van der Waals surface area (Å²) >= 11 is 0. The van der Waals surface area contributed by atoms with Crippen LogP contribution >= 0.6 is 0 Å². The molecule has 0 aromatic heterocycles. The van der Waals surface area contributed by atoms with E-state index < -0.39 is 0 Å². The molecule has 5 heteroatoms. The van der Waals surface area contributed by atoms with Crippen LogP contribution in [0.25, 0.3) is 0 Å². The molecule has 5 unspecified atom stereocenters. The minimum Gasteiger partial charge on any atom is -0.374 e. The maximum Gasteiger partial charge on any atom is 0.317 e. The number of amides is 2. The van der Waals surface area contributed by atoms with Gasteiger partial charge in [0.2, 0.25) is 0 Å². The summed E-state index contributed by atoms with van der Waals surface area (Å²) in [6, 6.07) is 10.9. The minimum absolute atomic E-state index is 0.0914. The van der Waals surface area contributed by atoms with Crippen LogP contribution in [-0.2, 0) is 11.2 Å². The molecule has 1 aromatic rings. The molecule has 25 heavy (non-hydrogen) atoms. The van der Waals surface area contributed by atoms with E-state index in [2.05, 4.69) is 48.6 Å². The van der Waals surface area contributed by atoms with Crippen molar-refractivity contribution in [3.63, 3.8) is 0 Å². The van der Waals surface area contributed by atoms with Crippen molar-refractivity contribution in [3.8, 4) is 0 Å². The molecule has 5 atom stereocenters. The number of rotatable bonds is 5. The van der Waals surface area contributed by atoms with Gasteiger partial charge < -0.3 is 19.9 Å². The molecule has 3 fully saturated rings. The van der Waals surface area contributed by atoms with Crippen LogP contribution < -0.4 is 5.32 Å². The predicted molar refractivity (Wildman–Crippen MR) is 97.5 cm³/mol. The molecule has 0 saturated carbocycles. The van der Waals surface area contributed by atoms with Crippen LogP contribution in [0.1, 0.15) is 18.4 Å². The second-order valence-electron chi connectivity index (χ2n) is 8.02. The van der Waals surface area contributed by atoms with Gasteiger partial charge in [0.1, 0.15) is 0 Å². The van der Waals surface area contributed by atoms with Gasteiger partial charge in [0.25, 0.3) is 0 Å². The van der Waals surface area contributed by atoms with Gasteiger partial charge >= 0.3 is 6.03 Å². The van der Waals surface area contributed by atoms with Gasteiger partial charge in [-0.2, -0.15) is 0 Å². The lowest BCUT2D eigenvalue weighted by molar-refractivity contribution is 0.0738. The summed E-state index contributed by atoms with van der Waals surface area (Å²) < 4.78 is 6.00. The first-order valence-corrected chi connectivity index (χ1v) is 9.50. The Morgan fingerprint density at radius 1 is 1.20 bits per heavy atom. The average Bonchev–Trinajstić information content (AvgIpc) is 3.31. The molecule has 2 bridgehead atoms. The summed E-state index contributed by atoms with van der Waals surface area (Å²) in [6.45, 7) is 2.40.